The minimum absolute atomic E-state index is 0.191. The number of imidazole rings is 1. The maximum atomic E-state index is 13.4. The van der Waals surface area contributed by atoms with E-state index in [0.29, 0.717) is 12.1 Å². The summed E-state index contributed by atoms with van der Waals surface area (Å²) in [6, 6.07) is 8.01. The molecule has 130 valence electrons. The van der Waals surface area contributed by atoms with Crippen molar-refractivity contribution in [2.45, 2.75) is 26.4 Å². The number of nitrogens with zero attached hydrogens (tertiary/aromatic N) is 4. The third-order valence-electron chi connectivity index (χ3n) is 3.92. The summed E-state index contributed by atoms with van der Waals surface area (Å²) in [5, 5.41) is 0. The summed E-state index contributed by atoms with van der Waals surface area (Å²) in [6.07, 6.45) is 2.68. The minimum atomic E-state index is -0.394. The van der Waals surface area contributed by atoms with Gasteiger partial charge in [-0.2, -0.15) is 0 Å². The van der Waals surface area contributed by atoms with Crippen molar-refractivity contribution in [3.8, 4) is 0 Å². The van der Waals surface area contributed by atoms with E-state index >= 15 is 0 Å². The van der Waals surface area contributed by atoms with Crippen LogP contribution in [0.4, 0.5) is 4.39 Å². The highest BCUT2D eigenvalue weighted by molar-refractivity contribution is 9.10. The first kappa shape index (κ1) is 17.5. The topological polar surface area (TPSA) is 51.0 Å². The molecule has 0 saturated heterocycles. The summed E-state index contributed by atoms with van der Waals surface area (Å²) < 4.78 is 15.7. The number of rotatable bonds is 5. The molecule has 0 saturated carbocycles. The molecular weight excluding hydrogens is 387 g/mol. The van der Waals surface area contributed by atoms with Crippen LogP contribution in [0, 0.1) is 5.82 Å². The van der Waals surface area contributed by atoms with Gasteiger partial charge in [-0.15, -0.1) is 0 Å². The molecule has 0 atom stereocenters. The van der Waals surface area contributed by atoms with Gasteiger partial charge in [-0.05, 0) is 52.7 Å². The Labute approximate surface area is 153 Å². The van der Waals surface area contributed by atoms with Gasteiger partial charge in [0.05, 0.1) is 11.0 Å². The van der Waals surface area contributed by atoms with Crippen LogP contribution < -0.4 is 0 Å². The Balaban J connectivity index is 1.88. The molecule has 0 unspecified atom stereocenters. The van der Waals surface area contributed by atoms with Crippen LogP contribution in [-0.4, -0.2) is 32.4 Å². The number of carbonyl (C=O) groups excluding carboxylic acids is 1. The monoisotopic (exact) mass is 404 g/mol. The van der Waals surface area contributed by atoms with Crippen LogP contribution in [0.5, 0.6) is 0 Å². The molecule has 1 amide bonds. The lowest BCUT2D eigenvalue weighted by atomic mass is 10.2. The second-order valence-corrected chi connectivity index (χ2v) is 6.67. The maximum absolute atomic E-state index is 13.4. The first-order chi connectivity index (χ1) is 12.0. The van der Waals surface area contributed by atoms with Crippen molar-refractivity contribution in [2.24, 2.45) is 0 Å². The molecule has 1 aromatic carbocycles. The fraction of sp³-hybridized carbons (Fsp3) is 0.278. The van der Waals surface area contributed by atoms with Crippen LogP contribution in [0.2, 0.25) is 0 Å². The smallest absolute Gasteiger partial charge is 0.254 e. The number of hydrogen-bond acceptors (Lipinski definition) is 3. The molecule has 0 N–H and O–H groups in total. The number of hydrogen-bond donors (Lipinski definition) is 0. The van der Waals surface area contributed by atoms with E-state index in [0.717, 1.165) is 30.0 Å². The fourth-order valence-corrected chi connectivity index (χ4v) is 3.10. The standard InChI is InChI=1S/C18H18BrFN4O/c1-3-9-24-16(22-15-5-4-8-21-17(15)24)11-23(2)18(25)12-6-7-14(20)13(19)10-12/h4-8,10H,3,9,11H2,1-2H3. The van der Waals surface area contributed by atoms with Gasteiger partial charge in [-0.3, -0.25) is 4.79 Å². The van der Waals surface area contributed by atoms with Gasteiger partial charge < -0.3 is 9.47 Å². The number of carbonyl (C=O) groups is 1. The van der Waals surface area contributed by atoms with Crippen LogP contribution in [0.25, 0.3) is 11.2 Å². The van der Waals surface area contributed by atoms with Crippen molar-refractivity contribution in [2.75, 3.05) is 7.05 Å². The van der Waals surface area contributed by atoms with Crippen molar-refractivity contribution < 1.29 is 9.18 Å². The average molecular weight is 405 g/mol. The summed E-state index contributed by atoms with van der Waals surface area (Å²) in [5.74, 6) is 0.200. The third-order valence-corrected chi connectivity index (χ3v) is 4.53. The van der Waals surface area contributed by atoms with Crippen LogP contribution in [0.15, 0.2) is 41.0 Å². The Morgan fingerprint density at radius 2 is 2.16 bits per heavy atom. The Kier molecular flexibility index (Phi) is 5.13. The molecule has 0 fully saturated rings. The van der Waals surface area contributed by atoms with Gasteiger partial charge in [0.25, 0.3) is 5.91 Å². The summed E-state index contributed by atoms with van der Waals surface area (Å²) in [6.45, 7) is 3.22. The van der Waals surface area contributed by atoms with Crippen molar-refractivity contribution in [3.05, 3.63) is 58.2 Å². The second kappa shape index (κ2) is 7.31. The highest BCUT2D eigenvalue weighted by Gasteiger charge is 2.18. The molecule has 0 spiro atoms. The number of aryl methyl sites for hydroxylation is 1. The quantitative estimate of drug-likeness (QED) is 0.645. The van der Waals surface area contributed by atoms with Crippen LogP contribution in [0.1, 0.15) is 29.5 Å². The summed E-state index contributed by atoms with van der Waals surface area (Å²) >= 11 is 3.12. The van der Waals surface area contributed by atoms with Crippen molar-refractivity contribution in [1.29, 1.82) is 0 Å². The van der Waals surface area contributed by atoms with Crippen molar-refractivity contribution in [1.82, 2.24) is 19.4 Å². The summed E-state index contributed by atoms with van der Waals surface area (Å²) in [4.78, 5) is 23.2. The molecule has 2 aromatic heterocycles. The number of halogens is 2. The number of pyridine rings is 1. The molecule has 0 aliphatic carbocycles. The van der Waals surface area contributed by atoms with Crippen molar-refractivity contribution >= 4 is 33.0 Å². The van der Waals surface area contributed by atoms with Gasteiger partial charge in [-0.25, -0.2) is 14.4 Å². The normalized spacial score (nSPS) is 11.0. The summed E-state index contributed by atoms with van der Waals surface area (Å²) in [7, 11) is 1.71. The number of amides is 1. The van der Waals surface area contributed by atoms with Gasteiger partial charge in [-0.1, -0.05) is 6.92 Å². The van der Waals surface area contributed by atoms with E-state index in [2.05, 4.69) is 32.8 Å². The van der Waals surface area contributed by atoms with E-state index in [1.54, 1.807) is 18.1 Å². The van der Waals surface area contributed by atoms with Crippen LogP contribution >= 0.6 is 15.9 Å². The highest BCUT2D eigenvalue weighted by atomic mass is 79.9. The van der Waals surface area contributed by atoms with Crippen LogP contribution in [0.3, 0.4) is 0 Å². The molecule has 0 aliphatic heterocycles. The lowest BCUT2D eigenvalue weighted by Gasteiger charge is -2.18. The van der Waals surface area contributed by atoms with E-state index in [1.807, 2.05) is 16.7 Å². The van der Waals surface area contributed by atoms with E-state index < -0.39 is 5.82 Å². The fourth-order valence-electron chi connectivity index (χ4n) is 2.72. The predicted octanol–water partition coefficient (Wildman–Crippen LogP) is 4.02. The van der Waals surface area contributed by atoms with E-state index in [4.69, 9.17) is 0 Å². The Morgan fingerprint density at radius 3 is 2.88 bits per heavy atom. The molecule has 2 heterocycles. The third kappa shape index (κ3) is 3.56. The Bertz CT molecular complexity index is 925. The zero-order valence-corrected chi connectivity index (χ0v) is 15.6. The Hall–Kier alpha value is -2.28. The maximum Gasteiger partial charge on any atom is 0.254 e. The number of benzene rings is 1. The zero-order valence-electron chi connectivity index (χ0n) is 14.0. The van der Waals surface area contributed by atoms with Gasteiger partial charge in [0.1, 0.15) is 17.2 Å². The molecule has 0 aliphatic rings. The van der Waals surface area contributed by atoms with Crippen molar-refractivity contribution in [3.63, 3.8) is 0 Å². The van der Waals surface area contributed by atoms with Gasteiger partial charge in [0.15, 0.2) is 5.65 Å². The largest absolute Gasteiger partial charge is 0.334 e. The first-order valence-corrected chi connectivity index (χ1v) is 8.81. The number of aromatic nitrogens is 3. The van der Waals surface area contributed by atoms with E-state index in [9.17, 15) is 9.18 Å². The summed E-state index contributed by atoms with van der Waals surface area (Å²) in [5.41, 5.74) is 2.06. The van der Waals surface area contributed by atoms with Crippen LogP contribution in [-0.2, 0) is 13.1 Å². The Morgan fingerprint density at radius 1 is 1.36 bits per heavy atom. The number of fused-ring (bicyclic) bond motifs is 1. The van der Waals surface area contributed by atoms with E-state index in [-0.39, 0.29) is 10.4 Å². The predicted molar refractivity (Wildman–Crippen MR) is 97.7 cm³/mol. The minimum Gasteiger partial charge on any atom is -0.334 e. The molecule has 0 radical (unpaired) electrons. The molecule has 25 heavy (non-hydrogen) atoms. The van der Waals surface area contributed by atoms with Gasteiger partial charge >= 0.3 is 0 Å². The molecule has 7 heteroatoms. The van der Waals surface area contributed by atoms with E-state index in [1.165, 1.54) is 18.2 Å². The first-order valence-electron chi connectivity index (χ1n) is 8.02. The zero-order chi connectivity index (χ0) is 18.0. The lowest BCUT2D eigenvalue weighted by Crippen LogP contribution is -2.28. The lowest BCUT2D eigenvalue weighted by molar-refractivity contribution is 0.0780. The molecule has 3 rings (SSSR count). The molecule has 5 nitrogen and oxygen atoms in total. The highest BCUT2D eigenvalue weighted by Crippen LogP contribution is 2.19. The average Bonchev–Trinajstić information content (AvgIpc) is 2.94. The molecule has 3 aromatic rings. The van der Waals surface area contributed by atoms with Gasteiger partial charge in [0.2, 0.25) is 0 Å². The molecule has 0 bridgehead atoms. The second-order valence-electron chi connectivity index (χ2n) is 5.82. The van der Waals surface area contributed by atoms with Gasteiger partial charge in [0, 0.05) is 25.4 Å². The molecular formula is C18H18BrFN4O. The SMILES string of the molecule is CCCn1c(CN(C)C(=O)c2ccc(F)c(Br)c2)nc2cccnc21.